The van der Waals surface area contributed by atoms with Crippen LogP contribution < -0.4 is 5.32 Å². The molecule has 0 radical (unpaired) electrons. The predicted octanol–water partition coefficient (Wildman–Crippen LogP) is -1.23. The van der Waals surface area contributed by atoms with Crippen LogP contribution in [0.15, 0.2) is 22.8 Å². The van der Waals surface area contributed by atoms with E-state index in [2.05, 4.69) is 5.32 Å². The molecule has 1 aromatic heterocycles. The van der Waals surface area contributed by atoms with Crippen LogP contribution in [0.2, 0.25) is 0 Å². The summed E-state index contributed by atoms with van der Waals surface area (Å²) in [6, 6.07) is 2.23. The number of imide groups is 2. The van der Waals surface area contributed by atoms with E-state index >= 15 is 0 Å². The number of nitrogens with zero attached hydrogens (tertiary/aromatic N) is 3. The average molecular weight is 336 g/mol. The molecule has 128 valence electrons. The molecule has 6 amide bonds. The topological polar surface area (TPSA) is 120 Å². The number of carbonyl (C=O) groups excluding carboxylic acids is 5. The van der Waals surface area contributed by atoms with E-state index in [1.165, 1.54) is 20.4 Å². The van der Waals surface area contributed by atoms with Crippen molar-refractivity contribution in [1.29, 1.82) is 0 Å². The number of hydrogen-bond donors (Lipinski definition) is 1. The van der Waals surface area contributed by atoms with E-state index in [4.69, 9.17) is 4.42 Å². The number of nitrogens with one attached hydrogen (secondary N) is 1. The fourth-order valence-electron chi connectivity index (χ4n) is 2.03. The Balaban J connectivity index is 2.04. The second-order valence-corrected chi connectivity index (χ2v) is 5.07. The van der Waals surface area contributed by atoms with Gasteiger partial charge in [-0.15, -0.1) is 0 Å². The van der Waals surface area contributed by atoms with Gasteiger partial charge in [0.2, 0.25) is 11.8 Å². The summed E-state index contributed by atoms with van der Waals surface area (Å²) in [5.41, 5.74) is 0. The van der Waals surface area contributed by atoms with Crippen molar-refractivity contribution in [2.75, 3.05) is 27.2 Å². The van der Waals surface area contributed by atoms with Gasteiger partial charge in [0.15, 0.2) is 0 Å². The third-order valence-electron chi connectivity index (χ3n) is 3.41. The predicted molar refractivity (Wildman–Crippen MR) is 78.1 cm³/mol. The molecule has 1 fully saturated rings. The standard InChI is InChI=1S/C14H16N4O6/c1-15-10(19)7-16(2)11(20)8-18-13(22)12(21)17(14(18)23)6-9-4-3-5-24-9/h3-5H,6-8H2,1-2H3,(H,15,19). The molecular weight excluding hydrogens is 320 g/mol. The maximum absolute atomic E-state index is 12.2. The highest BCUT2D eigenvalue weighted by Crippen LogP contribution is 2.16. The fourth-order valence-corrected chi connectivity index (χ4v) is 2.03. The molecule has 10 heteroatoms. The van der Waals surface area contributed by atoms with Gasteiger partial charge in [-0.25, -0.2) is 14.6 Å². The Morgan fingerprint density at radius 3 is 2.46 bits per heavy atom. The van der Waals surface area contributed by atoms with Crippen LogP contribution in [-0.4, -0.2) is 71.5 Å². The lowest BCUT2D eigenvalue weighted by Gasteiger charge is -2.19. The Morgan fingerprint density at radius 1 is 1.21 bits per heavy atom. The van der Waals surface area contributed by atoms with Gasteiger partial charge in [-0.05, 0) is 12.1 Å². The van der Waals surface area contributed by atoms with Crippen molar-refractivity contribution in [3.05, 3.63) is 24.2 Å². The molecule has 0 unspecified atom stereocenters. The van der Waals surface area contributed by atoms with E-state index in [0.29, 0.717) is 15.6 Å². The molecule has 2 heterocycles. The molecular formula is C14H16N4O6. The molecule has 1 aliphatic heterocycles. The molecule has 10 nitrogen and oxygen atoms in total. The lowest BCUT2D eigenvalue weighted by molar-refractivity contribution is -0.145. The van der Waals surface area contributed by atoms with Gasteiger partial charge < -0.3 is 14.6 Å². The molecule has 24 heavy (non-hydrogen) atoms. The molecule has 1 aliphatic rings. The number of rotatable bonds is 6. The lowest BCUT2D eigenvalue weighted by atomic mass is 10.4. The summed E-state index contributed by atoms with van der Waals surface area (Å²) in [7, 11) is 2.77. The Labute approximate surface area is 137 Å². The largest absolute Gasteiger partial charge is 0.467 e. The zero-order valence-corrected chi connectivity index (χ0v) is 13.1. The minimum atomic E-state index is -1.09. The number of likely N-dealkylation sites (N-methyl/N-ethyl adjacent to an activating group) is 2. The van der Waals surface area contributed by atoms with Crippen LogP contribution in [0.5, 0.6) is 0 Å². The van der Waals surface area contributed by atoms with Crippen LogP contribution in [0.3, 0.4) is 0 Å². The maximum atomic E-state index is 12.2. The van der Waals surface area contributed by atoms with Gasteiger partial charge in [0.25, 0.3) is 0 Å². The third-order valence-corrected chi connectivity index (χ3v) is 3.41. The summed E-state index contributed by atoms with van der Waals surface area (Å²) in [5.74, 6) is -2.84. The highest BCUT2D eigenvalue weighted by atomic mass is 16.3. The third kappa shape index (κ3) is 3.42. The van der Waals surface area contributed by atoms with Crippen LogP contribution in [-0.2, 0) is 25.7 Å². The first kappa shape index (κ1) is 17.2. The molecule has 1 saturated heterocycles. The van der Waals surface area contributed by atoms with Gasteiger partial charge in [0, 0.05) is 14.1 Å². The molecule has 0 bridgehead atoms. The maximum Gasteiger partial charge on any atom is 0.335 e. The number of furan rings is 1. The van der Waals surface area contributed by atoms with Crippen LogP contribution >= 0.6 is 0 Å². The summed E-state index contributed by atoms with van der Waals surface area (Å²) in [6.07, 6.45) is 1.37. The van der Waals surface area contributed by atoms with E-state index in [1.807, 2.05) is 0 Å². The van der Waals surface area contributed by atoms with Gasteiger partial charge in [-0.1, -0.05) is 0 Å². The second-order valence-electron chi connectivity index (χ2n) is 5.07. The zero-order chi connectivity index (χ0) is 17.9. The first-order valence-corrected chi connectivity index (χ1v) is 6.99. The van der Waals surface area contributed by atoms with E-state index in [9.17, 15) is 24.0 Å². The van der Waals surface area contributed by atoms with Gasteiger partial charge in [-0.3, -0.25) is 19.2 Å². The quantitative estimate of drug-likeness (QED) is 0.513. The van der Waals surface area contributed by atoms with Crippen LogP contribution in [0, 0.1) is 0 Å². The average Bonchev–Trinajstić information content (AvgIpc) is 3.13. The molecule has 1 aromatic rings. The smallest absolute Gasteiger partial charge is 0.335 e. The Kier molecular flexibility index (Phi) is 4.97. The first-order valence-electron chi connectivity index (χ1n) is 6.99. The van der Waals surface area contributed by atoms with Crippen LogP contribution in [0.25, 0.3) is 0 Å². The number of amides is 6. The zero-order valence-electron chi connectivity index (χ0n) is 13.1. The molecule has 0 saturated carbocycles. The van der Waals surface area contributed by atoms with Crippen molar-refractivity contribution >= 4 is 29.7 Å². The minimum absolute atomic E-state index is 0.199. The molecule has 0 atom stereocenters. The summed E-state index contributed by atoms with van der Waals surface area (Å²) < 4.78 is 5.04. The molecule has 0 aliphatic carbocycles. The first-order chi connectivity index (χ1) is 11.3. The molecule has 0 aromatic carbocycles. The summed E-state index contributed by atoms with van der Waals surface area (Å²) in [4.78, 5) is 61.6. The Morgan fingerprint density at radius 2 is 1.88 bits per heavy atom. The Bertz CT molecular complexity index is 683. The van der Waals surface area contributed by atoms with E-state index in [1.54, 1.807) is 12.1 Å². The summed E-state index contributed by atoms with van der Waals surface area (Å²) in [5, 5.41) is 2.35. The summed E-state index contributed by atoms with van der Waals surface area (Å²) >= 11 is 0. The van der Waals surface area contributed by atoms with Gasteiger partial charge in [0.1, 0.15) is 12.3 Å². The lowest BCUT2D eigenvalue weighted by Crippen LogP contribution is -2.44. The molecule has 1 N–H and O–H groups in total. The SMILES string of the molecule is CNC(=O)CN(C)C(=O)CN1C(=O)C(=O)N(Cc2ccco2)C1=O. The van der Waals surface area contributed by atoms with Crippen molar-refractivity contribution in [1.82, 2.24) is 20.0 Å². The summed E-state index contributed by atoms with van der Waals surface area (Å²) in [6.45, 7) is -1.05. The molecule has 2 rings (SSSR count). The number of urea groups is 1. The highest BCUT2D eigenvalue weighted by molar-refractivity contribution is 6.44. The number of hydrogen-bond acceptors (Lipinski definition) is 6. The highest BCUT2D eigenvalue weighted by Gasteiger charge is 2.45. The van der Waals surface area contributed by atoms with Crippen LogP contribution in [0.4, 0.5) is 4.79 Å². The van der Waals surface area contributed by atoms with Crippen molar-refractivity contribution in [2.45, 2.75) is 6.54 Å². The monoisotopic (exact) mass is 336 g/mol. The minimum Gasteiger partial charge on any atom is -0.467 e. The normalized spacial score (nSPS) is 14.3. The van der Waals surface area contributed by atoms with E-state index < -0.39 is 36.2 Å². The van der Waals surface area contributed by atoms with Crippen molar-refractivity contribution in [2.24, 2.45) is 0 Å². The van der Waals surface area contributed by atoms with Crippen molar-refractivity contribution in [3.63, 3.8) is 0 Å². The Hall–Kier alpha value is -3.17. The van der Waals surface area contributed by atoms with Crippen LogP contribution in [0.1, 0.15) is 5.76 Å². The van der Waals surface area contributed by atoms with Gasteiger partial charge >= 0.3 is 17.8 Å². The fraction of sp³-hybridized carbons (Fsp3) is 0.357. The number of carbonyl (C=O) groups is 5. The van der Waals surface area contributed by atoms with Gasteiger partial charge in [0.05, 0.1) is 19.4 Å². The van der Waals surface area contributed by atoms with Crippen molar-refractivity contribution in [3.8, 4) is 0 Å². The second kappa shape index (κ2) is 6.94. The van der Waals surface area contributed by atoms with Gasteiger partial charge in [-0.2, -0.15) is 0 Å². The van der Waals surface area contributed by atoms with Crippen molar-refractivity contribution < 1.29 is 28.4 Å². The van der Waals surface area contributed by atoms with E-state index in [-0.39, 0.29) is 13.1 Å². The molecule has 0 spiro atoms. The van der Waals surface area contributed by atoms with E-state index in [0.717, 1.165) is 4.90 Å².